The van der Waals surface area contributed by atoms with Crippen LogP contribution in [0, 0.1) is 6.92 Å². The molecule has 3 rings (SSSR count). The van der Waals surface area contributed by atoms with Crippen molar-refractivity contribution in [3.8, 4) is 0 Å². The lowest BCUT2D eigenvalue weighted by molar-refractivity contribution is -0.133. The number of amides is 2. The van der Waals surface area contributed by atoms with Crippen LogP contribution in [-0.2, 0) is 22.6 Å². The van der Waals surface area contributed by atoms with Gasteiger partial charge in [-0.05, 0) is 60.2 Å². The largest absolute Gasteiger partial charge is 0.385 e. The third-order valence-electron chi connectivity index (χ3n) is 5.35. The lowest BCUT2D eigenvalue weighted by Gasteiger charge is -2.28. The molecule has 0 unspecified atom stereocenters. The van der Waals surface area contributed by atoms with Crippen molar-refractivity contribution in [2.24, 2.45) is 0 Å². The Morgan fingerprint density at radius 2 is 1.70 bits per heavy atom. The highest BCUT2D eigenvalue weighted by atomic mass is 79.9. The number of methoxy groups -OCH3 is 1. The number of carbonyl (C=O) groups excluding carboxylic acids is 2. The molecule has 0 spiro atoms. The van der Waals surface area contributed by atoms with Crippen LogP contribution in [0.5, 0.6) is 0 Å². The maximum absolute atomic E-state index is 13.5. The molecule has 0 radical (unpaired) electrons. The second kappa shape index (κ2) is 12.7. The molecule has 5 nitrogen and oxygen atoms in total. The second-order valence-electron chi connectivity index (χ2n) is 7.84. The van der Waals surface area contributed by atoms with E-state index in [0.717, 1.165) is 14.9 Å². The number of halogens is 1. The maximum atomic E-state index is 13.5. The van der Waals surface area contributed by atoms with Gasteiger partial charge in [0.15, 0.2) is 0 Å². The van der Waals surface area contributed by atoms with E-state index in [1.54, 1.807) is 35.5 Å². The van der Waals surface area contributed by atoms with Crippen molar-refractivity contribution in [3.05, 3.63) is 92.1 Å². The van der Waals surface area contributed by atoms with Gasteiger partial charge in [0.1, 0.15) is 6.54 Å². The predicted molar refractivity (Wildman–Crippen MR) is 136 cm³/mol. The Labute approximate surface area is 208 Å². The summed E-state index contributed by atoms with van der Waals surface area (Å²) < 4.78 is 6.07. The lowest BCUT2D eigenvalue weighted by atomic mass is 10.1. The van der Waals surface area contributed by atoms with Crippen molar-refractivity contribution in [1.29, 1.82) is 0 Å². The standard InChI is InChI=1S/C26H29BrN2O3S/c1-20-13-16-33-24(20)18-29(17-21-7-4-3-5-8-21)25(30)19-28(14-6-15-32-2)26(31)22-9-11-23(27)12-10-22/h3-5,7-13,16H,6,14-15,17-19H2,1-2H3. The first-order chi connectivity index (χ1) is 16.0. The van der Waals surface area contributed by atoms with E-state index >= 15 is 0 Å². The Balaban J connectivity index is 1.80. The van der Waals surface area contributed by atoms with Gasteiger partial charge in [-0.15, -0.1) is 11.3 Å². The van der Waals surface area contributed by atoms with E-state index in [0.29, 0.717) is 38.2 Å². The number of ether oxygens (including phenoxy) is 1. The van der Waals surface area contributed by atoms with Gasteiger partial charge in [0.2, 0.25) is 5.91 Å². The van der Waals surface area contributed by atoms with Crippen molar-refractivity contribution >= 4 is 39.1 Å². The van der Waals surface area contributed by atoms with Crippen molar-refractivity contribution in [3.63, 3.8) is 0 Å². The zero-order valence-electron chi connectivity index (χ0n) is 19.0. The fourth-order valence-electron chi connectivity index (χ4n) is 3.47. The SMILES string of the molecule is COCCCN(CC(=O)N(Cc1ccccc1)Cc1sccc1C)C(=O)c1ccc(Br)cc1. The Morgan fingerprint density at radius 3 is 2.33 bits per heavy atom. The molecule has 0 atom stereocenters. The normalized spacial score (nSPS) is 10.8. The molecular formula is C26H29BrN2O3S. The Bertz CT molecular complexity index is 1040. The maximum Gasteiger partial charge on any atom is 0.254 e. The van der Waals surface area contributed by atoms with Crippen LogP contribution in [0.3, 0.4) is 0 Å². The van der Waals surface area contributed by atoms with Gasteiger partial charge < -0.3 is 14.5 Å². The number of rotatable bonds is 11. The van der Waals surface area contributed by atoms with Crippen LogP contribution in [-0.4, -0.2) is 48.4 Å². The molecule has 174 valence electrons. The van der Waals surface area contributed by atoms with Crippen LogP contribution in [0.15, 0.2) is 70.5 Å². The molecule has 7 heteroatoms. The smallest absolute Gasteiger partial charge is 0.254 e. The van der Waals surface area contributed by atoms with Crippen LogP contribution in [0.1, 0.15) is 32.8 Å². The average Bonchev–Trinajstić information content (AvgIpc) is 3.23. The lowest BCUT2D eigenvalue weighted by Crippen LogP contribution is -2.43. The summed E-state index contributed by atoms with van der Waals surface area (Å²) in [6.07, 6.45) is 0.661. The minimum absolute atomic E-state index is 0.0237. The molecule has 0 bridgehead atoms. The first-order valence-corrected chi connectivity index (χ1v) is 12.5. The van der Waals surface area contributed by atoms with Crippen molar-refractivity contribution in [1.82, 2.24) is 9.80 Å². The zero-order valence-corrected chi connectivity index (χ0v) is 21.4. The van der Waals surface area contributed by atoms with E-state index < -0.39 is 0 Å². The van der Waals surface area contributed by atoms with E-state index in [4.69, 9.17) is 4.74 Å². The first kappa shape index (κ1) is 25.1. The van der Waals surface area contributed by atoms with Crippen LogP contribution in [0.25, 0.3) is 0 Å². The Morgan fingerprint density at radius 1 is 0.970 bits per heavy atom. The Hall–Kier alpha value is -2.48. The Kier molecular flexibility index (Phi) is 9.66. The van der Waals surface area contributed by atoms with Crippen molar-refractivity contribution in [2.75, 3.05) is 26.8 Å². The van der Waals surface area contributed by atoms with Gasteiger partial charge in [-0.25, -0.2) is 0 Å². The fraction of sp³-hybridized carbons (Fsp3) is 0.308. The molecule has 0 aliphatic heterocycles. The number of benzene rings is 2. The van der Waals surface area contributed by atoms with E-state index in [2.05, 4.69) is 28.9 Å². The highest BCUT2D eigenvalue weighted by Crippen LogP contribution is 2.20. The molecule has 0 fully saturated rings. The van der Waals surface area contributed by atoms with Gasteiger partial charge in [-0.1, -0.05) is 46.3 Å². The molecule has 2 amide bonds. The first-order valence-electron chi connectivity index (χ1n) is 10.9. The third-order valence-corrected chi connectivity index (χ3v) is 6.89. The fourth-order valence-corrected chi connectivity index (χ4v) is 4.65. The van der Waals surface area contributed by atoms with Crippen molar-refractivity contribution < 1.29 is 14.3 Å². The average molecular weight is 530 g/mol. The summed E-state index contributed by atoms with van der Waals surface area (Å²) in [6, 6.07) is 19.2. The molecule has 1 heterocycles. The molecule has 3 aromatic rings. The number of hydrogen-bond acceptors (Lipinski definition) is 4. The van der Waals surface area contributed by atoms with E-state index in [1.165, 1.54) is 5.56 Å². The summed E-state index contributed by atoms with van der Waals surface area (Å²) in [6.45, 7) is 4.08. The number of hydrogen-bond donors (Lipinski definition) is 0. The number of aryl methyl sites for hydroxylation is 1. The minimum atomic E-state index is -0.154. The monoisotopic (exact) mass is 528 g/mol. The van der Waals surface area contributed by atoms with Gasteiger partial charge in [-0.3, -0.25) is 9.59 Å². The molecule has 0 aliphatic carbocycles. The van der Waals surface area contributed by atoms with E-state index in [-0.39, 0.29) is 18.4 Å². The number of carbonyl (C=O) groups is 2. The number of nitrogens with zero attached hydrogens (tertiary/aromatic N) is 2. The van der Waals surface area contributed by atoms with E-state index in [1.807, 2.05) is 52.7 Å². The molecule has 0 saturated carbocycles. The molecular weight excluding hydrogens is 500 g/mol. The van der Waals surface area contributed by atoms with Gasteiger partial charge in [0.25, 0.3) is 5.91 Å². The van der Waals surface area contributed by atoms with Gasteiger partial charge in [0.05, 0.1) is 6.54 Å². The summed E-state index contributed by atoms with van der Waals surface area (Å²) in [5.41, 5.74) is 2.80. The van der Waals surface area contributed by atoms with Crippen LogP contribution >= 0.6 is 27.3 Å². The summed E-state index contributed by atoms with van der Waals surface area (Å²) in [5, 5.41) is 2.05. The zero-order chi connectivity index (χ0) is 23.6. The third kappa shape index (κ3) is 7.52. The summed E-state index contributed by atoms with van der Waals surface area (Å²) in [4.78, 5) is 31.4. The predicted octanol–water partition coefficient (Wildman–Crippen LogP) is 5.53. The highest BCUT2D eigenvalue weighted by molar-refractivity contribution is 9.10. The summed E-state index contributed by atoms with van der Waals surface area (Å²) >= 11 is 5.06. The quantitative estimate of drug-likeness (QED) is 0.307. The van der Waals surface area contributed by atoms with Gasteiger partial charge >= 0.3 is 0 Å². The topological polar surface area (TPSA) is 49.9 Å². The summed E-state index contributed by atoms with van der Waals surface area (Å²) in [7, 11) is 1.64. The van der Waals surface area contributed by atoms with Crippen molar-refractivity contribution in [2.45, 2.75) is 26.4 Å². The molecule has 1 aromatic heterocycles. The molecule has 2 aromatic carbocycles. The molecule has 0 aliphatic rings. The van der Waals surface area contributed by atoms with Crippen LogP contribution in [0.4, 0.5) is 0 Å². The number of thiophene rings is 1. The van der Waals surface area contributed by atoms with Gasteiger partial charge in [-0.2, -0.15) is 0 Å². The van der Waals surface area contributed by atoms with Crippen LogP contribution in [0.2, 0.25) is 0 Å². The van der Waals surface area contributed by atoms with Crippen LogP contribution < -0.4 is 0 Å². The highest BCUT2D eigenvalue weighted by Gasteiger charge is 2.23. The molecule has 0 saturated heterocycles. The van der Waals surface area contributed by atoms with E-state index in [9.17, 15) is 9.59 Å². The molecule has 33 heavy (non-hydrogen) atoms. The van der Waals surface area contributed by atoms with Gasteiger partial charge in [0, 0.05) is 41.7 Å². The minimum Gasteiger partial charge on any atom is -0.385 e. The summed E-state index contributed by atoms with van der Waals surface area (Å²) in [5.74, 6) is -0.228. The molecule has 0 N–H and O–H groups in total. The second-order valence-corrected chi connectivity index (χ2v) is 9.76.